The number of hydrogen-bond donors (Lipinski definition) is 2. The van der Waals surface area contributed by atoms with Crippen LogP contribution in [0.15, 0.2) is 24.4 Å². The van der Waals surface area contributed by atoms with Gasteiger partial charge < -0.3 is 10.4 Å². The summed E-state index contributed by atoms with van der Waals surface area (Å²) in [5.41, 5.74) is 0.401. The Labute approximate surface area is 116 Å². The lowest BCUT2D eigenvalue weighted by Crippen LogP contribution is -2.43. The number of aliphatic hydroxyl groups is 1. The molecular formula is C16H26N2O. The molecule has 3 atom stereocenters. The van der Waals surface area contributed by atoms with Crippen molar-refractivity contribution in [2.75, 3.05) is 11.9 Å². The fraction of sp³-hybridized carbons (Fsp3) is 0.688. The normalized spacial score (nSPS) is 35.1. The van der Waals surface area contributed by atoms with Crippen molar-refractivity contribution in [2.45, 2.75) is 52.6 Å². The SMILES string of the molecule is CCC1(C)CC(O)CC(C)(CNc2ccccn2)C1. The van der Waals surface area contributed by atoms with E-state index in [1.807, 2.05) is 18.2 Å². The minimum atomic E-state index is -0.172. The number of rotatable bonds is 4. The van der Waals surface area contributed by atoms with Crippen LogP contribution in [0.25, 0.3) is 0 Å². The topological polar surface area (TPSA) is 45.1 Å². The number of nitrogens with one attached hydrogen (secondary N) is 1. The Morgan fingerprint density at radius 2 is 2.05 bits per heavy atom. The van der Waals surface area contributed by atoms with Crippen molar-refractivity contribution in [3.63, 3.8) is 0 Å². The van der Waals surface area contributed by atoms with Crippen LogP contribution in [0.2, 0.25) is 0 Å². The highest BCUT2D eigenvalue weighted by atomic mass is 16.3. The Hall–Kier alpha value is -1.09. The second-order valence-corrected chi connectivity index (χ2v) is 6.78. The zero-order valence-corrected chi connectivity index (χ0v) is 12.3. The molecule has 1 aliphatic rings. The average molecular weight is 262 g/mol. The van der Waals surface area contributed by atoms with Gasteiger partial charge in [-0.25, -0.2) is 4.98 Å². The molecule has 1 heterocycles. The van der Waals surface area contributed by atoms with Gasteiger partial charge in [-0.15, -0.1) is 0 Å². The predicted molar refractivity (Wildman–Crippen MR) is 79.1 cm³/mol. The minimum absolute atomic E-state index is 0.139. The van der Waals surface area contributed by atoms with E-state index in [-0.39, 0.29) is 16.9 Å². The molecule has 0 radical (unpaired) electrons. The van der Waals surface area contributed by atoms with Crippen molar-refractivity contribution in [3.8, 4) is 0 Å². The molecule has 1 aromatic rings. The van der Waals surface area contributed by atoms with Gasteiger partial charge in [-0.05, 0) is 42.2 Å². The van der Waals surface area contributed by atoms with Gasteiger partial charge in [0.05, 0.1) is 6.10 Å². The quantitative estimate of drug-likeness (QED) is 0.873. The average Bonchev–Trinajstić information content (AvgIpc) is 2.36. The van der Waals surface area contributed by atoms with E-state index < -0.39 is 0 Å². The Morgan fingerprint density at radius 3 is 2.68 bits per heavy atom. The number of aromatic nitrogens is 1. The van der Waals surface area contributed by atoms with Crippen LogP contribution in [0, 0.1) is 10.8 Å². The van der Waals surface area contributed by atoms with Gasteiger partial charge in [-0.1, -0.05) is 33.3 Å². The first-order chi connectivity index (χ1) is 8.95. The molecule has 106 valence electrons. The summed E-state index contributed by atoms with van der Waals surface area (Å²) in [7, 11) is 0. The molecule has 3 nitrogen and oxygen atoms in total. The molecule has 0 bridgehead atoms. The van der Waals surface area contributed by atoms with Crippen LogP contribution in [0.4, 0.5) is 5.82 Å². The van der Waals surface area contributed by atoms with Crippen LogP contribution in [0.1, 0.15) is 46.5 Å². The van der Waals surface area contributed by atoms with Crippen molar-refractivity contribution >= 4 is 5.82 Å². The lowest BCUT2D eigenvalue weighted by molar-refractivity contribution is -0.0134. The van der Waals surface area contributed by atoms with Crippen molar-refractivity contribution in [1.29, 1.82) is 0 Å². The number of aliphatic hydroxyl groups excluding tert-OH is 1. The van der Waals surface area contributed by atoms with Gasteiger partial charge >= 0.3 is 0 Å². The van der Waals surface area contributed by atoms with Gasteiger partial charge in [-0.2, -0.15) is 0 Å². The Morgan fingerprint density at radius 1 is 1.32 bits per heavy atom. The van der Waals surface area contributed by atoms with Gasteiger partial charge in [0.1, 0.15) is 5.82 Å². The lowest BCUT2D eigenvalue weighted by Gasteiger charge is -2.46. The molecular weight excluding hydrogens is 236 g/mol. The predicted octanol–water partition coefficient (Wildman–Crippen LogP) is 3.46. The van der Waals surface area contributed by atoms with E-state index >= 15 is 0 Å². The van der Waals surface area contributed by atoms with Gasteiger partial charge in [0.15, 0.2) is 0 Å². The lowest BCUT2D eigenvalue weighted by atomic mass is 9.61. The third-order valence-electron chi connectivity index (χ3n) is 4.53. The van der Waals surface area contributed by atoms with Gasteiger partial charge in [0, 0.05) is 12.7 Å². The molecule has 0 aliphatic heterocycles. The largest absolute Gasteiger partial charge is 0.393 e. The molecule has 0 amide bonds. The van der Waals surface area contributed by atoms with E-state index in [1.54, 1.807) is 6.20 Å². The highest BCUT2D eigenvalue weighted by molar-refractivity contribution is 5.33. The van der Waals surface area contributed by atoms with Crippen LogP contribution in [0.5, 0.6) is 0 Å². The summed E-state index contributed by atoms with van der Waals surface area (Å²) >= 11 is 0. The zero-order valence-electron chi connectivity index (χ0n) is 12.3. The van der Waals surface area contributed by atoms with Gasteiger partial charge in [-0.3, -0.25) is 0 Å². The van der Waals surface area contributed by atoms with Crippen LogP contribution >= 0.6 is 0 Å². The van der Waals surface area contributed by atoms with Crippen LogP contribution in [0.3, 0.4) is 0 Å². The number of hydrogen-bond acceptors (Lipinski definition) is 3. The smallest absolute Gasteiger partial charge is 0.125 e. The van der Waals surface area contributed by atoms with Gasteiger partial charge in [0.25, 0.3) is 0 Å². The highest BCUT2D eigenvalue weighted by Crippen LogP contribution is 2.48. The Kier molecular flexibility index (Phi) is 4.14. The van der Waals surface area contributed by atoms with Crippen LogP contribution in [-0.2, 0) is 0 Å². The molecule has 1 fully saturated rings. The third-order valence-corrected chi connectivity index (χ3v) is 4.53. The second-order valence-electron chi connectivity index (χ2n) is 6.78. The Balaban J connectivity index is 2.01. The highest BCUT2D eigenvalue weighted by Gasteiger charge is 2.42. The minimum Gasteiger partial charge on any atom is -0.393 e. The molecule has 19 heavy (non-hydrogen) atoms. The number of pyridine rings is 1. The van der Waals surface area contributed by atoms with E-state index in [4.69, 9.17) is 0 Å². The summed E-state index contributed by atoms with van der Waals surface area (Å²) in [5.74, 6) is 0.919. The summed E-state index contributed by atoms with van der Waals surface area (Å²) in [6, 6.07) is 5.90. The van der Waals surface area contributed by atoms with Crippen molar-refractivity contribution in [1.82, 2.24) is 4.98 Å². The first kappa shape index (κ1) is 14.3. The summed E-state index contributed by atoms with van der Waals surface area (Å²) in [5, 5.41) is 13.6. The third kappa shape index (κ3) is 3.69. The van der Waals surface area contributed by atoms with Crippen LogP contribution in [-0.4, -0.2) is 22.7 Å². The molecule has 2 N–H and O–H groups in total. The van der Waals surface area contributed by atoms with E-state index in [0.717, 1.165) is 38.0 Å². The molecule has 1 saturated carbocycles. The fourth-order valence-corrected chi connectivity index (χ4v) is 3.56. The van der Waals surface area contributed by atoms with Crippen molar-refractivity contribution < 1.29 is 5.11 Å². The molecule has 0 spiro atoms. The van der Waals surface area contributed by atoms with Gasteiger partial charge in [0.2, 0.25) is 0 Å². The van der Waals surface area contributed by atoms with E-state index in [0.29, 0.717) is 0 Å². The summed E-state index contributed by atoms with van der Waals surface area (Å²) in [4.78, 5) is 4.30. The standard InChI is InChI=1S/C16H26N2O/c1-4-15(2)9-13(19)10-16(3,11-15)12-18-14-7-5-6-8-17-14/h5-8,13,19H,4,9-12H2,1-3H3,(H,17,18). The molecule has 1 aromatic heterocycles. The summed E-state index contributed by atoms with van der Waals surface area (Å²) in [6.07, 6.45) is 5.73. The first-order valence-electron chi connectivity index (χ1n) is 7.28. The first-order valence-corrected chi connectivity index (χ1v) is 7.28. The van der Waals surface area contributed by atoms with Crippen LogP contribution < -0.4 is 5.32 Å². The van der Waals surface area contributed by atoms with E-state index in [9.17, 15) is 5.11 Å². The van der Waals surface area contributed by atoms with E-state index in [1.165, 1.54) is 0 Å². The Bertz CT molecular complexity index is 408. The molecule has 0 aromatic carbocycles. The summed E-state index contributed by atoms with van der Waals surface area (Å²) < 4.78 is 0. The fourth-order valence-electron chi connectivity index (χ4n) is 3.56. The van der Waals surface area contributed by atoms with Crippen molar-refractivity contribution in [3.05, 3.63) is 24.4 Å². The molecule has 0 saturated heterocycles. The number of anilines is 1. The monoisotopic (exact) mass is 262 g/mol. The second kappa shape index (κ2) is 5.49. The zero-order chi connectivity index (χ0) is 13.9. The molecule has 3 unspecified atom stereocenters. The maximum Gasteiger partial charge on any atom is 0.125 e. The van der Waals surface area contributed by atoms with Crippen molar-refractivity contribution in [2.24, 2.45) is 10.8 Å². The molecule has 3 heteroatoms. The molecule has 2 rings (SSSR count). The number of nitrogens with zero attached hydrogens (tertiary/aromatic N) is 1. The maximum atomic E-state index is 10.2. The van der Waals surface area contributed by atoms with E-state index in [2.05, 4.69) is 31.1 Å². The summed E-state index contributed by atoms with van der Waals surface area (Å²) in [6.45, 7) is 7.68. The molecule has 1 aliphatic carbocycles. The maximum absolute atomic E-state index is 10.2.